The number of pyridine rings is 1. The Morgan fingerprint density at radius 1 is 1.58 bits per heavy atom. The second-order valence-electron chi connectivity index (χ2n) is 4.75. The van der Waals surface area contributed by atoms with Crippen molar-refractivity contribution in [2.75, 3.05) is 25.7 Å². The van der Waals surface area contributed by atoms with E-state index >= 15 is 0 Å². The standard InChI is InChI=1S/C14H20N2O3/c1-10-11(6-5-9-19-10)14(17)16(2)13-12(18-3)7-4-8-15-13/h4,7-8,10-11H,5-6,9H2,1-3H3. The molecule has 5 nitrogen and oxygen atoms in total. The number of rotatable bonds is 3. The van der Waals surface area contributed by atoms with E-state index in [1.165, 1.54) is 0 Å². The molecule has 0 radical (unpaired) electrons. The third-order valence-corrected chi connectivity index (χ3v) is 3.54. The van der Waals surface area contributed by atoms with Crippen molar-refractivity contribution < 1.29 is 14.3 Å². The summed E-state index contributed by atoms with van der Waals surface area (Å²) in [5.74, 6) is 1.07. The topological polar surface area (TPSA) is 51.7 Å². The molecule has 1 saturated heterocycles. The van der Waals surface area contributed by atoms with E-state index in [0.717, 1.165) is 19.4 Å². The summed E-state index contributed by atoms with van der Waals surface area (Å²) in [5.41, 5.74) is 0. The molecular weight excluding hydrogens is 244 g/mol. The van der Waals surface area contributed by atoms with E-state index < -0.39 is 0 Å². The van der Waals surface area contributed by atoms with Crippen LogP contribution >= 0.6 is 0 Å². The van der Waals surface area contributed by atoms with E-state index in [-0.39, 0.29) is 17.9 Å². The zero-order valence-corrected chi connectivity index (χ0v) is 11.6. The third kappa shape index (κ3) is 2.87. The Labute approximate surface area is 113 Å². The number of hydrogen-bond donors (Lipinski definition) is 0. The number of ether oxygens (including phenoxy) is 2. The van der Waals surface area contributed by atoms with Crippen molar-refractivity contribution in [2.45, 2.75) is 25.9 Å². The number of nitrogens with zero attached hydrogens (tertiary/aromatic N) is 2. The average Bonchev–Trinajstić information content (AvgIpc) is 2.46. The van der Waals surface area contributed by atoms with Gasteiger partial charge in [-0.15, -0.1) is 0 Å². The highest BCUT2D eigenvalue weighted by Gasteiger charge is 2.32. The molecular formula is C14H20N2O3. The first-order valence-electron chi connectivity index (χ1n) is 6.53. The number of carbonyl (C=O) groups is 1. The minimum Gasteiger partial charge on any atom is -0.493 e. The van der Waals surface area contributed by atoms with Crippen LogP contribution in [-0.4, -0.2) is 37.8 Å². The first kappa shape index (κ1) is 13.8. The molecule has 0 aromatic carbocycles. The van der Waals surface area contributed by atoms with Crippen LogP contribution in [0.5, 0.6) is 5.75 Å². The van der Waals surface area contributed by atoms with E-state index in [2.05, 4.69) is 4.98 Å². The van der Waals surface area contributed by atoms with Gasteiger partial charge in [-0.2, -0.15) is 0 Å². The lowest BCUT2D eigenvalue weighted by Crippen LogP contribution is -2.41. The van der Waals surface area contributed by atoms with E-state index in [9.17, 15) is 4.79 Å². The lowest BCUT2D eigenvalue weighted by Gasteiger charge is -2.31. The number of aromatic nitrogens is 1. The van der Waals surface area contributed by atoms with Crippen molar-refractivity contribution in [1.29, 1.82) is 0 Å². The van der Waals surface area contributed by atoms with Gasteiger partial charge in [0.15, 0.2) is 11.6 Å². The molecule has 0 spiro atoms. The fourth-order valence-electron chi connectivity index (χ4n) is 2.39. The van der Waals surface area contributed by atoms with Gasteiger partial charge in [0.25, 0.3) is 0 Å². The second-order valence-corrected chi connectivity index (χ2v) is 4.75. The number of methoxy groups -OCH3 is 1. The van der Waals surface area contributed by atoms with Crippen LogP contribution in [0.4, 0.5) is 5.82 Å². The SMILES string of the molecule is COc1cccnc1N(C)C(=O)C1CCCOC1C. The van der Waals surface area contributed by atoms with Crippen molar-refractivity contribution in [3.8, 4) is 5.75 Å². The Balaban J connectivity index is 2.18. The molecule has 1 aromatic rings. The summed E-state index contributed by atoms with van der Waals surface area (Å²) in [6.45, 7) is 2.69. The molecule has 1 aliphatic rings. The zero-order chi connectivity index (χ0) is 13.8. The molecule has 0 saturated carbocycles. The Morgan fingerprint density at radius 3 is 3.05 bits per heavy atom. The number of hydrogen-bond acceptors (Lipinski definition) is 4. The quantitative estimate of drug-likeness (QED) is 0.836. The summed E-state index contributed by atoms with van der Waals surface area (Å²) < 4.78 is 10.8. The Morgan fingerprint density at radius 2 is 2.37 bits per heavy atom. The molecule has 1 amide bonds. The van der Waals surface area contributed by atoms with Gasteiger partial charge in [0, 0.05) is 19.9 Å². The molecule has 1 aliphatic heterocycles. The van der Waals surface area contributed by atoms with Crippen LogP contribution in [0, 0.1) is 5.92 Å². The molecule has 0 aliphatic carbocycles. The summed E-state index contributed by atoms with van der Waals surface area (Å²) in [5, 5.41) is 0. The number of anilines is 1. The van der Waals surface area contributed by atoms with Crippen LogP contribution in [0.25, 0.3) is 0 Å². The van der Waals surface area contributed by atoms with Gasteiger partial charge in [-0.25, -0.2) is 4.98 Å². The highest BCUT2D eigenvalue weighted by atomic mass is 16.5. The minimum atomic E-state index is -0.106. The zero-order valence-electron chi connectivity index (χ0n) is 11.6. The Kier molecular flexibility index (Phi) is 4.37. The maximum Gasteiger partial charge on any atom is 0.233 e. The molecule has 5 heteroatoms. The Bertz CT molecular complexity index is 450. The largest absolute Gasteiger partial charge is 0.493 e. The second kappa shape index (κ2) is 6.02. The third-order valence-electron chi connectivity index (χ3n) is 3.54. The molecule has 2 atom stereocenters. The predicted octanol–water partition coefficient (Wildman–Crippen LogP) is 1.87. The van der Waals surface area contributed by atoms with Crippen LogP contribution in [0.15, 0.2) is 18.3 Å². The summed E-state index contributed by atoms with van der Waals surface area (Å²) in [6, 6.07) is 3.58. The molecule has 104 valence electrons. The van der Waals surface area contributed by atoms with Crippen molar-refractivity contribution >= 4 is 11.7 Å². The van der Waals surface area contributed by atoms with Gasteiger partial charge in [0.1, 0.15) is 0 Å². The van der Waals surface area contributed by atoms with E-state index in [1.54, 1.807) is 37.4 Å². The van der Waals surface area contributed by atoms with Crippen molar-refractivity contribution in [3.05, 3.63) is 18.3 Å². The first-order valence-corrected chi connectivity index (χ1v) is 6.53. The van der Waals surface area contributed by atoms with Crippen LogP contribution in [0.2, 0.25) is 0 Å². The van der Waals surface area contributed by atoms with Gasteiger partial charge in [-0.05, 0) is 31.9 Å². The molecule has 0 N–H and O–H groups in total. The van der Waals surface area contributed by atoms with Crippen molar-refractivity contribution in [3.63, 3.8) is 0 Å². The van der Waals surface area contributed by atoms with Crippen LogP contribution in [0.3, 0.4) is 0 Å². The van der Waals surface area contributed by atoms with Crippen molar-refractivity contribution in [2.24, 2.45) is 5.92 Å². The first-order chi connectivity index (χ1) is 9.15. The summed E-state index contributed by atoms with van der Waals surface area (Å²) in [7, 11) is 3.31. The normalized spacial score (nSPS) is 22.9. The highest BCUT2D eigenvalue weighted by Crippen LogP contribution is 2.28. The van der Waals surface area contributed by atoms with E-state index in [0.29, 0.717) is 11.6 Å². The van der Waals surface area contributed by atoms with Gasteiger partial charge in [0.05, 0.1) is 19.1 Å². The fourth-order valence-corrected chi connectivity index (χ4v) is 2.39. The van der Waals surface area contributed by atoms with Crippen LogP contribution < -0.4 is 9.64 Å². The molecule has 1 aromatic heterocycles. The average molecular weight is 264 g/mol. The molecule has 2 unspecified atom stereocenters. The summed E-state index contributed by atoms with van der Waals surface area (Å²) in [4.78, 5) is 18.3. The Hall–Kier alpha value is -1.62. The minimum absolute atomic E-state index is 0.0317. The monoisotopic (exact) mass is 264 g/mol. The van der Waals surface area contributed by atoms with Gasteiger partial charge in [-0.1, -0.05) is 0 Å². The summed E-state index contributed by atoms with van der Waals surface area (Å²) >= 11 is 0. The number of amides is 1. The van der Waals surface area contributed by atoms with Gasteiger partial charge in [0.2, 0.25) is 5.91 Å². The lowest BCUT2D eigenvalue weighted by atomic mass is 9.94. The van der Waals surface area contributed by atoms with Crippen LogP contribution in [-0.2, 0) is 9.53 Å². The lowest BCUT2D eigenvalue weighted by molar-refractivity contribution is -0.130. The molecule has 2 rings (SSSR count). The molecule has 2 heterocycles. The predicted molar refractivity (Wildman–Crippen MR) is 72.3 cm³/mol. The van der Waals surface area contributed by atoms with Gasteiger partial charge < -0.3 is 9.47 Å². The van der Waals surface area contributed by atoms with Crippen LogP contribution in [0.1, 0.15) is 19.8 Å². The maximum atomic E-state index is 12.5. The molecule has 1 fully saturated rings. The van der Waals surface area contributed by atoms with Gasteiger partial charge in [-0.3, -0.25) is 9.69 Å². The highest BCUT2D eigenvalue weighted by molar-refractivity contribution is 5.95. The summed E-state index contributed by atoms with van der Waals surface area (Å²) in [6.07, 6.45) is 3.40. The molecule has 0 bridgehead atoms. The fraction of sp³-hybridized carbons (Fsp3) is 0.571. The van der Waals surface area contributed by atoms with Crippen molar-refractivity contribution in [1.82, 2.24) is 4.98 Å². The van der Waals surface area contributed by atoms with E-state index in [4.69, 9.17) is 9.47 Å². The van der Waals surface area contributed by atoms with E-state index in [1.807, 2.05) is 6.92 Å². The number of carbonyl (C=O) groups excluding carboxylic acids is 1. The smallest absolute Gasteiger partial charge is 0.233 e. The maximum absolute atomic E-state index is 12.5. The molecule has 19 heavy (non-hydrogen) atoms. The van der Waals surface area contributed by atoms with Gasteiger partial charge >= 0.3 is 0 Å².